The molecule has 2 fully saturated rings. The van der Waals surface area contributed by atoms with Crippen LogP contribution in [0.4, 0.5) is 0 Å². The second-order valence-corrected chi connectivity index (χ2v) is 9.64. The summed E-state index contributed by atoms with van der Waals surface area (Å²) >= 11 is 0. The first-order chi connectivity index (χ1) is 12.0. The van der Waals surface area contributed by atoms with Crippen LogP contribution >= 0.6 is 0 Å². The standard InChI is InChI=1S/C18H24N2O4S/c1-25(21,22)20-7-2-3-12-10-19-8-6-14-13(16(19)9-15(12)20)4-5-17-18(14)24-11-23-17/h4-5,12,15-16H,2-3,6-11H2,1H3/t12-,15+,16+/m1/s1. The molecule has 3 atom stereocenters. The van der Waals surface area contributed by atoms with Crippen LogP contribution in [0.1, 0.15) is 36.4 Å². The van der Waals surface area contributed by atoms with Gasteiger partial charge in [-0.25, -0.2) is 8.42 Å². The molecule has 0 spiro atoms. The number of nitrogens with zero attached hydrogens (tertiary/aromatic N) is 2. The van der Waals surface area contributed by atoms with Gasteiger partial charge in [0.2, 0.25) is 16.8 Å². The Hall–Kier alpha value is -1.31. The van der Waals surface area contributed by atoms with Gasteiger partial charge in [0.1, 0.15) is 0 Å². The molecule has 0 aliphatic carbocycles. The third-order valence-electron chi connectivity index (χ3n) is 6.35. The van der Waals surface area contributed by atoms with Crippen molar-refractivity contribution in [3.05, 3.63) is 23.3 Å². The summed E-state index contributed by atoms with van der Waals surface area (Å²) in [6.45, 7) is 2.97. The molecule has 5 rings (SSSR count). The Morgan fingerprint density at radius 1 is 1.20 bits per heavy atom. The molecule has 1 aromatic carbocycles. The topological polar surface area (TPSA) is 59.1 Å². The Morgan fingerprint density at radius 2 is 2.08 bits per heavy atom. The van der Waals surface area contributed by atoms with Gasteiger partial charge in [-0.05, 0) is 43.2 Å². The fourth-order valence-electron chi connectivity index (χ4n) is 5.29. The van der Waals surface area contributed by atoms with Crippen LogP contribution in [0.5, 0.6) is 11.5 Å². The van der Waals surface area contributed by atoms with Crippen LogP contribution in [0.2, 0.25) is 0 Å². The van der Waals surface area contributed by atoms with E-state index in [0.29, 0.717) is 19.3 Å². The Bertz CT molecular complexity index is 810. The van der Waals surface area contributed by atoms with Crippen LogP contribution in [0.25, 0.3) is 0 Å². The minimum Gasteiger partial charge on any atom is -0.454 e. The van der Waals surface area contributed by atoms with Crippen LogP contribution in [0, 0.1) is 5.92 Å². The molecular formula is C18H24N2O4S. The van der Waals surface area contributed by atoms with Crippen molar-refractivity contribution in [2.24, 2.45) is 5.92 Å². The molecule has 1 aromatic rings. The highest BCUT2D eigenvalue weighted by Gasteiger charge is 2.45. The summed E-state index contributed by atoms with van der Waals surface area (Å²) in [5.41, 5.74) is 2.56. The number of ether oxygens (including phenoxy) is 2. The lowest BCUT2D eigenvalue weighted by Crippen LogP contribution is -2.57. The van der Waals surface area contributed by atoms with Crippen molar-refractivity contribution < 1.29 is 17.9 Å². The van der Waals surface area contributed by atoms with Crippen molar-refractivity contribution in [3.8, 4) is 11.5 Å². The lowest BCUT2D eigenvalue weighted by atomic mass is 9.77. The van der Waals surface area contributed by atoms with E-state index >= 15 is 0 Å². The molecule has 4 heterocycles. The maximum atomic E-state index is 12.3. The number of fused-ring (bicyclic) bond motifs is 6. The van der Waals surface area contributed by atoms with Gasteiger partial charge in [0.05, 0.1) is 6.26 Å². The van der Waals surface area contributed by atoms with Crippen molar-refractivity contribution in [2.45, 2.75) is 37.8 Å². The summed E-state index contributed by atoms with van der Waals surface area (Å²) in [7, 11) is -3.15. The summed E-state index contributed by atoms with van der Waals surface area (Å²) in [5.74, 6) is 2.20. The molecular weight excluding hydrogens is 340 g/mol. The third kappa shape index (κ3) is 2.47. The lowest BCUT2D eigenvalue weighted by Gasteiger charge is -2.51. The first kappa shape index (κ1) is 15.9. The van der Waals surface area contributed by atoms with Crippen LogP contribution in [-0.4, -0.2) is 56.3 Å². The molecule has 0 bridgehead atoms. The van der Waals surface area contributed by atoms with Gasteiger partial charge in [-0.1, -0.05) is 6.07 Å². The Morgan fingerprint density at radius 3 is 2.92 bits per heavy atom. The summed E-state index contributed by atoms with van der Waals surface area (Å²) < 4.78 is 37.6. The van der Waals surface area contributed by atoms with E-state index in [9.17, 15) is 8.42 Å². The van der Waals surface area contributed by atoms with E-state index in [1.54, 1.807) is 4.31 Å². The average molecular weight is 364 g/mol. The number of hydrogen-bond donors (Lipinski definition) is 0. The first-order valence-corrected chi connectivity index (χ1v) is 11.0. The number of hydrogen-bond acceptors (Lipinski definition) is 5. The van der Waals surface area contributed by atoms with Gasteiger partial charge in [-0.3, -0.25) is 4.90 Å². The van der Waals surface area contributed by atoms with Gasteiger partial charge < -0.3 is 9.47 Å². The van der Waals surface area contributed by atoms with Gasteiger partial charge in [0, 0.05) is 37.3 Å². The summed E-state index contributed by atoms with van der Waals surface area (Å²) in [4.78, 5) is 2.55. The van der Waals surface area contributed by atoms with Crippen molar-refractivity contribution >= 4 is 10.0 Å². The fraction of sp³-hybridized carbons (Fsp3) is 0.667. The molecule has 0 unspecified atom stereocenters. The van der Waals surface area contributed by atoms with Crippen LogP contribution in [0.15, 0.2) is 12.1 Å². The van der Waals surface area contributed by atoms with E-state index < -0.39 is 10.0 Å². The predicted molar refractivity (Wildman–Crippen MR) is 93.3 cm³/mol. The highest BCUT2D eigenvalue weighted by molar-refractivity contribution is 7.88. The lowest BCUT2D eigenvalue weighted by molar-refractivity contribution is 0.0219. The molecule has 25 heavy (non-hydrogen) atoms. The van der Waals surface area contributed by atoms with Gasteiger partial charge in [-0.15, -0.1) is 0 Å². The molecule has 0 N–H and O–H groups in total. The molecule has 2 saturated heterocycles. The molecule has 0 saturated carbocycles. The SMILES string of the molecule is CS(=O)(=O)N1CCC[C@@H]2CN3CCc4c(ccc5c4OCO5)[C@@H]3C[C@@H]21. The summed E-state index contributed by atoms with van der Waals surface area (Å²) in [6, 6.07) is 4.57. The molecule has 7 heteroatoms. The molecule has 0 radical (unpaired) electrons. The van der Waals surface area contributed by atoms with E-state index in [1.165, 1.54) is 17.4 Å². The molecule has 136 valence electrons. The Labute approximate surface area is 148 Å². The smallest absolute Gasteiger partial charge is 0.231 e. The van der Waals surface area contributed by atoms with Gasteiger partial charge >= 0.3 is 0 Å². The van der Waals surface area contributed by atoms with E-state index in [-0.39, 0.29) is 12.1 Å². The summed E-state index contributed by atoms with van der Waals surface area (Å²) in [6.07, 6.45) is 5.32. The Balaban J connectivity index is 1.51. The average Bonchev–Trinajstić information content (AvgIpc) is 3.07. The van der Waals surface area contributed by atoms with Gasteiger partial charge in [0.25, 0.3) is 0 Å². The zero-order valence-corrected chi connectivity index (χ0v) is 15.3. The van der Waals surface area contributed by atoms with Gasteiger partial charge in [0.15, 0.2) is 11.5 Å². The van der Waals surface area contributed by atoms with Crippen LogP contribution < -0.4 is 9.47 Å². The number of benzene rings is 1. The predicted octanol–water partition coefficient (Wildman–Crippen LogP) is 1.76. The summed E-state index contributed by atoms with van der Waals surface area (Å²) in [5, 5.41) is 0. The highest BCUT2D eigenvalue weighted by atomic mass is 32.2. The van der Waals surface area contributed by atoms with Gasteiger partial charge in [-0.2, -0.15) is 4.31 Å². The first-order valence-electron chi connectivity index (χ1n) is 9.14. The molecule has 4 aliphatic heterocycles. The van der Waals surface area contributed by atoms with Crippen LogP contribution in [0.3, 0.4) is 0 Å². The van der Waals surface area contributed by atoms with Crippen molar-refractivity contribution in [1.29, 1.82) is 0 Å². The maximum absolute atomic E-state index is 12.3. The number of piperidine rings is 2. The molecule has 0 aromatic heterocycles. The minimum absolute atomic E-state index is 0.126. The van der Waals surface area contributed by atoms with Crippen molar-refractivity contribution in [1.82, 2.24) is 9.21 Å². The number of sulfonamides is 1. The maximum Gasteiger partial charge on any atom is 0.231 e. The zero-order chi connectivity index (χ0) is 17.2. The quantitative estimate of drug-likeness (QED) is 0.760. The van der Waals surface area contributed by atoms with E-state index in [2.05, 4.69) is 11.0 Å². The third-order valence-corrected chi connectivity index (χ3v) is 7.66. The molecule has 0 amide bonds. The monoisotopic (exact) mass is 364 g/mol. The molecule has 6 nitrogen and oxygen atoms in total. The van der Waals surface area contributed by atoms with Crippen molar-refractivity contribution in [2.75, 3.05) is 32.7 Å². The Kier molecular flexibility index (Phi) is 3.56. The van der Waals surface area contributed by atoms with Crippen LogP contribution in [-0.2, 0) is 16.4 Å². The van der Waals surface area contributed by atoms with E-state index in [0.717, 1.165) is 50.3 Å². The second-order valence-electron chi connectivity index (χ2n) is 7.71. The highest BCUT2D eigenvalue weighted by Crippen LogP contribution is 2.48. The van der Waals surface area contributed by atoms with Crippen molar-refractivity contribution in [3.63, 3.8) is 0 Å². The normalized spacial score (nSPS) is 32.0. The zero-order valence-electron chi connectivity index (χ0n) is 14.5. The largest absolute Gasteiger partial charge is 0.454 e. The second kappa shape index (κ2) is 5.59. The molecule has 4 aliphatic rings. The van der Waals surface area contributed by atoms with E-state index in [4.69, 9.17) is 9.47 Å². The fourth-order valence-corrected chi connectivity index (χ4v) is 6.50. The number of rotatable bonds is 1. The minimum atomic E-state index is -3.15. The van der Waals surface area contributed by atoms with E-state index in [1.807, 2.05) is 6.07 Å².